The van der Waals surface area contributed by atoms with Crippen LogP contribution >= 0.6 is 0 Å². The first-order chi connectivity index (χ1) is 6.86. The van der Waals surface area contributed by atoms with Crippen molar-refractivity contribution < 1.29 is 5.11 Å². The number of hydrogen-bond acceptors (Lipinski definition) is 1. The van der Waals surface area contributed by atoms with Gasteiger partial charge in [0.05, 0.1) is 6.10 Å². The lowest BCUT2D eigenvalue weighted by atomic mass is 9.92. The molecular formula is C13H14O. The molecule has 1 fully saturated rings. The van der Waals surface area contributed by atoms with Gasteiger partial charge in [-0.25, -0.2) is 0 Å². The molecule has 72 valence electrons. The lowest BCUT2D eigenvalue weighted by Gasteiger charge is -2.14. The van der Waals surface area contributed by atoms with Crippen LogP contribution in [-0.4, -0.2) is 11.2 Å². The highest BCUT2D eigenvalue weighted by atomic mass is 16.3. The molecule has 0 aromatic heterocycles. The standard InChI is InChI=1S/C13H14O/c14-13-10-6-7-11(13)12(8-10)9-4-2-1-3-5-9/h1-5,8,10-11,13-14H,6-7H2. The maximum Gasteiger partial charge on any atom is 0.0671 e. The van der Waals surface area contributed by atoms with Crippen molar-refractivity contribution in [1.29, 1.82) is 0 Å². The first-order valence-electron chi connectivity index (χ1n) is 5.31. The molecule has 1 nitrogen and oxygen atoms in total. The van der Waals surface area contributed by atoms with Crippen molar-refractivity contribution >= 4 is 5.57 Å². The Balaban J connectivity index is 1.99. The zero-order valence-electron chi connectivity index (χ0n) is 8.06. The van der Waals surface area contributed by atoms with Gasteiger partial charge in [-0.15, -0.1) is 0 Å². The van der Waals surface area contributed by atoms with Crippen molar-refractivity contribution in [3.8, 4) is 0 Å². The molecule has 1 aromatic carbocycles. The average molecular weight is 186 g/mol. The van der Waals surface area contributed by atoms with Crippen LogP contribution in [0, 0.1) is 11.8 Å². The summed E-state index contributed by atoms with van der Waals surface area (Å²) in [4.78, 5) is 0. The second kappa shape index (κ2) is 2.96. The van der Waals surface area contributed by atoms with Crippen LogP contribution in [0.5, 0.6) is 0 Å². The molecule has 2 aliphatic rings. The number of fused-ring (bicyclic) bond motifs is 2. The van der Waals surface area contributed by atoms with Crippen molar-refractivity contribution in [1.82, 2.24) is 0 Å². The maximum absolute atomic E-state index is 9.91. The zero-order valence-corrected chi connectivity index (χ0v) is 8.06. The molecule has 1 saturated carbocycles. The summed E-state index contributed by atoms with van der Waals surface area (Å²) in [6, 6.07) is 10.4. The van der Waals surface area contributed by atoms with Gasteiger partial charge in [-0.1, -0.05) is 36.4 Å². The highest BCUT2D eigenvalue weighted by Gasteiger charge is 2.41. The molecule has 3 atom stereocenters. The molecule has 2 aliphatic carbocycles. The first kappa shape index (κ1) is 8.25. The van der Waals surface area contributed by atoms with Crippen molar-refractivity contribution in [3.05, 3.63) is 42.0 Å². The number of hydrogen-bond donors (Lipinski definition) is 1. The summed E-state index contributed by atoms with van der Waals surface area (Å²) in [5.74, 6) is 0.831. The number of aliphatic hydroxyl groups is 1. The van der Waals surface area contributed by atoms with Gasteiger partial charge in [-0.2, -0.15) is 0 Å². The van der Waals surface area contributed by atoms with Gasteiger partial charge < -0.3 is 5.11 Å². The molecule has 0 heterocycles. The third kappa shape index (κ3) is 1.05. The molecule has 1 N–H and O–H groups in total. The monoisotopic (exact) mass is 186 g/mol. The van der Waals surface area contributed by atoms with Gasteiger partial charge in [0, 0.05) is 11.8 Å². The van der Waals surface area contributed by atoms with Crippen LogP contribution in [-0.2, 0) is 0 Å². The lowest BCUT2D eigenvalue weighted by molar-refractivity contribution is 0.139. The predicted octanol–water partition coefficient (Wildman–Crippen LogP) is 2.47. The number of aliphatic hydroxyl groups excluding tert-OH is 1. The quantitative estimate of drug-likeness (QED) is 0.714. The smallest absolute Gasteiger partial charge is 0.0671 e. The third-order valence-electron chi connectivity index (χ3n) is 3.56. The molecule has 14 heavy (non-hydrogen) atoms. The van der Waals surface area contributed by atoms with E-state index < -0.39 is 0 Å². The third-order valence-corrected chi connectivity index (χ3v) is 3.56. The van der Waals surface area contributed by atoms with Crippen molar-refractivity contribution in [2.75, 3.05) is 0 Å². The van der Waals surface area contributed by atoms with Crippen LogP contribution in [0.1, 0.15) is 18.4 Å². The molecule has 0 amide bonds. The van der Waals surface area contributed by atoms with Crippen LogP contribution in [0.4, 0.5) is 0 Å². The Hall–Kier alpha value is -1.08. The van der Waals surface area contributed by atoms with E-state index in [0.717, 1.165) is 6.42 Å². The first-order valence-corrected chi connectivity index (χ1v) is 5.31. The normalized spacial score (nSPS) is 34.6. The summed E-state index contributed by atoms with van der Waals surface area (Å²) in [6.07, 6.45) is 4.49. The van der Waals surface area contributed by atoms with E-state index in [0.29, 0.717) is 11.8 Å². The van der Waals surface area contributed by atoms with Crippen molar-refractivity contribution in [2.45, 2.75) is 18.9 Å². The summed E-state index contributed by atoms with van der Waals surface area (Å²) in [5.41, 5.74) is 2.66. The number of rotatable bonds is 1. The highest BCUT2D eigenvalue weighted by Crippen LogP contribution is 2.47. The molecule has 1 aromatic rings. The van der Waals surface area contributed by atoms with Gasteiger partial charge in [0.15, 0.2) is 0 Å². The minimum Gasteiger partial charge on any atom is -0.392 e. The molecule has 2 bridgehead atoms. The van der Waals surface area contributed by atoms with E-state index in [4.69, 9.17) is 0 Å². The molecule has 3 rings (SSSR count). The molecule has 0 spiro atoms. The Morgan fingerprint density at radius 3 is 2.43 bits per heavy atom. The summed E-state index contributed by atoms with van der Waals surface area (Å²) in [7, 11) is 0. The van der Waals surface area contributed by atoms with E-state index in [9.17, 15) is 5.11 Å². The number of benzene rings is 1. The molecule has 0 radical (unpaired) electrons. The Morgan fingerprint density at radius 1 is 1.07 bits per heavy atom. The fraction of sp³-hybridized carbons (Fsp3) is 0.385. The van der Waals surface area contributed by atoms with Gasteiger partial charge >= 0.3 is 0 Å². The van der Waals surface area contributed by atoms with Crippen LogP contribution in [0.2, 0.25) is 0 Å². The maximum atomic E-state index is 9.91. The zero-order chi connectivity index (χ0) is 9.54. The lowest BCUT2D eigenvalue weighted by Crippen LogP contribution is -2.13. The molecule has 3 unspecified atom stereocenters. The molecular weight excluding hydrogens is 172 g/mol. The van der Waals surface area contributed by atoms with E-state index in [1.54, 1.807) is 0 Å². The topological polar surface area (TPSA) is 20.2 Å². The summed E-state index contributed by atoms with van der Waals surface area (Å²) >= 11 is 0. The van der Waals surface area contributed by atoms with E-state index in [1.165, 1.54) is 17.6 Å². The highest BCUT2D eigenvalue weighted by molar-refractivity contribution is 5.71. The van der Waals surface area contributed by atoms with Gasteiger partial charge in [-0.3, -0.25) is 0 Å². The minimum atomic E-state index is -0.106. The van der Waals surface area contributed by atoms with E-state index in [1.807, 2.05) is 6.07 Å². The van der Waals surface area contributed by atoms with E-state index >= 15 is 0 Å². The average Bonchev–Trinajstić information content (AvgIpc) is 2.76. The van der Waals surface area contributed by atoms with Gasteiger partial charge in [0.25, 0.3) is 0 Å². The van der Waals surface area contributed by atoms with Gasteiger partial charge in [0.1, 0.15) is 0 Å². The summed E-state index contributed by atoms with van der Waals surface area (Å²) in [5, 5.41) is 9.91. The fourth-order valence-corrected chi connectivity index (χ4v) is 2.83. The second-order valence-corrected chi connectivity index (χ2v) is 4.33. The Bertz CT molecular complexity index is 366. The van der Waals surface area contributed by atoms with E-state index in [2.05, 4.69) is 30.3 Å². The van der Waals surface area contributed by atoms with Crippen LogP contribution < -0.4 is 0 Å². The van der Waals surface area contributed by atoms with Gasteiger partial charge in [-0.05, 0) is 24.0 Å². The van der Waals surface area contributed by atoms with E-state index in [-0.39, 0.29) is 6.10 Å². The molecule has 1 heteroatoms. The molecule has 0 aliphatic heterocycles. The van der Waals surface area contributed by atoms with Crippen molar-refractivity contribution in [3.63, 3.8) is 0 Å². The van der Waals surface area contributed by atoms with Crippen LogP contribution in [0.25, 0.3) is 5.57 Å². The van der Waals surface area contributed by atoms with Crippen LogP contribution in [0.15, 0.2) is 36.4 Å². The Labute approximate surface area is 84.1 Å². The van der Waals surface area contributed by atoms with Crippen molar-refractivity contribution in [2.24, 2.45) is 11.8 Å². The fourth-order valence-electron chi connectivity index (χ4n) is 2.83. The SMILES string of the molecule is OC1C2C=C(c3ccccc3)C1CC2. The largest absolute Gasteiger partial charge is 0.392 e. The Kier molecular flexibility index (Phi) is 1.74. The van der Waals surface area contributed by atoms with Crippen LogP contribution in [0.3, 0.4) is 0 Å². The minimum absolute atomic E-state index is 0.106. The molecule has 0 saturated heterocycles. The second-order valence-electron chi connectivity index (χ2n) is 4.33. The summed E-state index contributed by atoms with van der Waals surface area (Å²) in [6.45, 7) is 0. The summed E-state index contributed by atoms with van der Waals surface area (Å²) < 4.78 is 0. The van der Waals surface area contributed by atoms with Gasteiger partial charge in [0.2, 0.25) is 0 Å². The predicted molar refractivity (Wildman–Crippen MR) is 56.6 cm³/mol. The Morgan fingerprint density at radius 2 is 1.86 bits per heavy atom.